The Kier molecular flexibility index (Phi) is 7.19. The second-order valence-electron chi connectivity index (χ2n) is 7.68. The van der Waals surface area contributed by atoms with Crippen molar-refractivity contribution in [3.63, 3.8) is 0 Å². The molecule has 32 heavy (non-hydrogen) atoms. The highest BCUT2D eigenvalue weighted by molar-refractivity contribution is 7.99. The first-order valence-electron chi connectivity index (χ1n) is 10.9. The van der Waals surface area contributed by atoms with Gasteiger partial charge in [0.25, 0.3) is 5.91 Å². The number of carbonyl (C=O) groups is 1. The molecular formula is C22H26F2N6OS. The molecule has 0 unspecified atom stereocenters. The van der Waals surface area contributed by atoms with Crippen molar-refractivity contribution in [1.29, 1.82) is 0 Å². The van der Waals surface area contributed by atoms with Crippen LogP contribution in [0.4, 0.5) is 14.6 Å². The van der Waals surface area contributed by atoms with Crippen LogP contribution in [-0.4, -0.2) is 51.0 Å². The number of hydrogen-bond donors (Lipinski definition) is 1. The molecule has 0 spiro atoms. The highest BCUT2D eigenvalue weighted by atomic mass is 32.2. The summed E-state index contributed by atoms with van der Waals surface area (Å²) in [5, 5.41) is 8.61. The minimum Gasteiger partial charge on any atom is -0.356 e. The Morgan fingerprint density at radius 1 is 1.16 bits per heavy atom. The van der Waals surface area contributed by atoms with Crippen LogP contribution in [0.25, 0.3) is 11.0 Å². The molecule has 0 saturated carbocycles. The number of fused-ring (bicyclic) bond motifs is 1. The monoisotopic (exact) mass is 460 g/mol. The second kappa shape index (κ2) is 10.2. The molecule has 1 N–H and O–H groups in total. The van der Waals surface area contributed by atoms with Gasteiger partial charge >= 0.3 is 0 Å². The van der Waals surface area contributed by atoms with Gasteiger partial charge in [0.1, 0.15) is 23.0 Å². The average molecular weight is 461 g/mol. The van der Waals surface area contributed by atoms with Crippen molar-refractivity contribution in [1.82, 2.24) is 25.1 Å². The molecule has 1 aromatic carbocycles. The Bertz CT molecular complexity index is 1080. The normalized spacial score (nSPS) is 14.2. The van der Waals surface area contributed by atoms with Crippen LogP contribution < -0.4 is 10.2 Å². The lowest BCUT2D eigenvalue weighted by Crippen LogP contribution is -2.30. The molecule has 1 saturated heterocycles. The van der Waals surface area contributed by atoms with Gasteiger partial charge in [0.15, 0.2) is 10.8 Å². The van der Waals surface area contributed by atoms with E-state index >= 15 is 0 Å². The molecule has 0 atom stereocenters. The van der Waals surface area contributed by atoms with Gasteiger partial charge in [-0.25, -0.2) is 23.4 Å². The number of thioether (sulfide) groups is 1. The summed E-state index contributed by atoms with van der Waals surface area (Å²) < 4.78 is 29.4. The number of nitrogens with zero attached hydrogens (tertiary/aromatic N) is 5. The fraction of sp³-hybridized carbons (Fsp3) is 0.455. The first-order chi connectivity index (χ1) is 15.6. The van der Waals surface area contributed by atoms with Gasteiger partial charge in [0, 0.05) is 25.4 Å². The van der Waals surface area contributed by atoms with Gasteiger partial charge in [-0.2, -0.15) is 5.10 Å². The summed E-state index contributed by atoms with van der Waals surface area (Å²) in [5.41, 5.74) is 0.122. The van der Waals surface area contributed by atoms with Gasteiger partial charge in [0.05, 0.1) is 18.1 Å². The van der Waals surface area contributed by atoms with Gasteiger partial charge in [-0.1, -0.05) is 24.8 Å². The second-order valence-corrected chi connectivity index (χ2v) is 8.75. The molecule has 1 amide bonds. The van der Waals surface area contributed by atoms with Gasteiger partial charge in [0.2, 0.25) is 0 Å². The topological polar surface area (TPSA) is 75.9 Å². The summed E-state index contributed by atoms with van der Waals surface area (Å²) in [7, 11) is 0. The summed E-state index contributed by atoms with van der Waals surface area (Å²) in [5.74, 6) is -0.743. The maximum absolute atomic E-state index is 13.8. The van der Waals surface area contributed by atoms with E-state index in [1.54, 1.807) is 22.6 Å². The number of halogens is 2. The van der Waals surface area contributed by atoms with E-state index in [4.69, 9.17) is 9.97 Å². The quantitative estimate of drug-likeness (QED) is 0.404. The summed E-state index contributed by atoms with van der Waals surface area (Å²) >= 11 is 1.61. The van der Waals surface area contributed by atoms with E-state index in [1.165, 1.54) is 12.5 Å². The van der Waals surface area contributed by atoms with Gasteiger partial charge in [-0.3, -0.25) is 4.79 Å². The van der Waals surface area contributed by atoms with E-state index in [2.05, 4.69) is 22.2 Å². The molecule has 4 rings (SSSR count). The van der Waals surface area contributed by atoms with Crippen LogP contribution in [0.2, 0.25) is 0 Å². The molecule has 2 aromatic heterocycles. The van der Waals surface area contributed by atoms with Crippen LogP contribution in [0.5, 0.6) is 0 Å². The number of piperidine rings is 1. The largest absolute Gasteiger partial charge is 0.356 e. The van der Waals surface area contributed by atoms with Crippen molar-refractivity contribution in [3.05, 3.63) is 41.6 Å². The van der Waals surface area contributed by atoms with Gasteiger partial charge in [-0.05, 0) is 37.8 Å². The zero-order valence-electron chi connectivity index (χ0n) is 18.0. The first-order valence-corrected chi connectivity index (χ1v) is 11.9. The lowest BCUT2D eigenvalue weighted by Gasteiger charge is -2.28. The predicted molar refractivity (Wildman–Crippen MR) is 121 cm³/mol. The number of carbonyl (C=O) groups excluding carboxylic acids is 1. The molecule has 1 aliphatic rings. The molecule has 0 bridgehead atoms. The third-order valence-electron chi connectivity index (χ3n) is 5.35. The molecule has 7 nitrogen and oxygen atoms in total. The number of amides is 1. The molecule has 3 heterocycles. The molecule has 0 radical (unpaired) electrons. The molecular weight excluding hydrogens is 434 g/mol. The van der Waals surface area contributed by atoms with Crippen LogP contribution in [-0.2, 0) is 6.54 Å². The van der Waals surface area contributed by atoms with E-state index in [0.717, 1.165) is 61.4 Å². The third-order valence-corrected chi connectivity index (χ3v) is 6.40. The van der Waals surface area contributed by atoms with Crippen molar-refractivity contribution in [3.8, 4) is 0 Å². The summed E-state index contributed by atoms with van der Waals surface area (Å²) in [6, 6.07) is 3.35. The third kappa shape index (κ3) is 4.85. The van der Waals surface area contributed by atoms with Crippen LogP contribution in [0.15, 0.2) is 29.6 Å². The number of nitrogens with one attached hydrogen (secondary N) is 1. The van der Waals surface area contributed by atoms with E-state index in [9.17, 15) is 13.6 Å². The molecule has 10 heteroatoms. The Hall–Kier alpha value is -2.75. The van der Waals surface area contributed by atoms with Crippen molar-refractivity contribution in [2.45, 2.75) is 44.3 Å². The Morgan fingerprint density at radius 2 is 1.91 bits per heavy atom. The predicted octanol–water partition coefficient (Wildman–Crippen LogP) is 4.03. The highest BCUT2D eigenvalue weighted by Gasteiger charge is 2.21. The maximum atomic E-state index is 13.8. The van der Waals surface area contributed by atoms with Crippen molar-refractivity contribution < 1.29 is 13.6 Å². The SMILES string of the molecule is CCCSc1nc(N2CCCCC2)c2cnn(CCNC(=O)c3c(F)cccc3F)c2n1. The number of rotatable bonds is 8. The standard InChI is InChI=1S/C22H26F2N6OS/c1-2-13-32-22-27-19(29-10-4-3-5-11-29)15-14-26-30(20(15)28-22)12-9-25-21(31)18-16(23)7-6-8-17(18)24/h6-8,14H,2-5,9-13H2,1H3,(H,25,31). The number of hydrogen-bond acceptors (Lipinski definition) is 6. The summed E-state index contributed by atoms with van der Waals surface area (Å²) in [6.07, 6.45) is 6.27. The van der Waals surface area contributed by atoms with Crippen molar-refractivity contribution in [2.75, 3.05) is 30.3 Å². The first kappa shape index (κ1) is 22.4. The van der Waals surface area contributed by atoms with Crippen molar-refractivity contribution >= 4 is 34.5 Å². The molecule has 170 valence electrons. The van der Waals surface area contributed by atoms with Crippen molar-refractivity contribution in [2.24, 2.45) is 0 Å². The van der Waals surface area contributed by atoms with E-state index in [0.29, 0.717) is 17.3 Å². The van der Waals surface area contributed by atoms with Crippen LogP contribution in [0.3, 0.4) is 0 Å². The lowest BCUT2D eigenvalue weighted by molar-refractivity contribution is 0.0943. The highest BCUT2D eigenvalue weighted by Crippen LogP contribution is 2.29. The molecule has 1 aliphatic heterocycles. The number of aromatic nitrogens is 4. The smallest absolute Gasteiger partial charge is 0.257 e. The minimum absolute atomic E-state index is 0.157. The van der Waals surface area contributed by atoms with Crippen LogP contribution in [0.1, 0.15) is 43.0 Å². The molecule has 3 aromatic rings. The summed E-state index contributed by atoms with van der Waals surface area (Å²) in [6.45, 7) is 4.50. The Balaban J connectivity index is 1.54. The molecule has 0 aliphatic carbocycles. The Labute approximate surface area is 189 Å². The number of benzene rings is 1. The van der Waals surface area contributed by atoms with Crippen LogP contribution >= 0.6 is 11.8 Å². The van der Waals surface area contributed by atoms with E-state index in [-0.39, 0.29) is 6.54 Å². The summed E-state index contributed by atoms with van der Waals surface area (Å²) in [4.78, 5) is 24.1. The maximum Gasteiger partial charge on any atom is 0.257 e. The lowest BCUT2D eigenvalue weighted by atomic mass is 10.1. The average Bonchev–Trinajstić information content (AvgIpc) is 3.20. The van der Waals surface area contributed by atoms with Gasteiger partial charge in [-0.15, -0.1) is 0 Å². The number of anilines is 1. The van der Waals surface area contributed by atoms with E-state index in [1.807, 2.05) is 0 Å². The van der Waals surface area contributed by atoms with E-state index < -0.39 is 23.1 Å². The zero-order valence-corrected chi connectivity index (χ0v) is 18.8. The van der Waals surface area contributed by atoms with Gasteiger partial charge < -0.3 is 10.2 Å². The fourth-order valence-corrected chi connectivity index (χ4v) is 4.46. The molecule has 1 fully saturated rings. The fourth-order valence-electron chi connectivity index (χ4n) is 3.77. The van der Waals surface area contributed by atoms with Crippen LogP contribution in [0, 0.1) is 11.6 Å². The zero-order chi connectivity index (χ0) is 22.5. The Morgan fingerprint density at radius 3 is 2.62 bits per heavy atom. The minimum atomic E-state index is -0.886.